The van der Waals surface area contributed by atoms with Gasteiger partial charge in [-0.3, -0.25) is 14.4 Å². The first-order valence-corrected chi connectivity index (χ1v) is 12.2. The number of nitrogens with one attached hydrogen (secondary N) is 4. The van der Waals surface area contributed by atoms with E-state index < -0.39 is 35.9 Å². The molecule has 0 aromatic heterocycles. The Kier molecular flexibility index (Phi) is 12.2. The zero-order valence-corrected chi connectivity index (χ0v) is 19.5. The highest BCUT2D eigenvalue weighted by atomic mass is 32.2. The average molecular weight is 463 g/mol. The summed E-state index contributed by atoms with van der Waals surface area (Å²) in [5.74, 6) is -2.07. The molecule has 30 heavy (non-hydrogen) atoms. The number of hydrogen-bond donors (Lipinski definition) is 6. The Morgan fingerprint density at radius 1 is 1.17 bits per heavy atom. The van der Waals surface area contributed by atoms with E-state index in [0.717, 1.165) is 19.4 Å². The zero-order chi connectivity index (χ0) is 22.7. The summed E-state index contributed by atoms with van der Waals surface area (Å²) in [6.45, 7) is 4.45. The lowest BCUT2D eigenvalue weighted by Gasteiger charge is -2.28. The molecule has 11 heteroatoms. The van der Waals surface area contributed by atoms with Crippen LogP contribution in [0.25, 0.3) is 0 Å². The highest BCUT2D eigenvalue weighted by Gasteiger charge is 2.33. The zero-order valence-electron chi connectivity index (χ0n) is 17.8. The fourth-order valence-electron chi connectivity index (χ4n) is 3.09. The number of carboxylic acid groups (broad SMARTS) is 1. The second-order valence-corrected chi connectivity index (χ2v) is 8.80. The SMILES string of the molecule is CCC(C)C(NC(=O)C(CCSC)NC(=O)C1CCCN1)C(=O)NC(CS)C(=O)O. The van der Waals surface area contributed by atoms with E-state index >= 15 is 0 Å². The molecule has 1 heterocycles. The Labute approximate surface area is 187 Å². The summed E-state index contributed by atoms with van der Waals surface area (Å²) < 4.78 is 0. The number of carboxylic acids is 1. The molecule has 5 atom stereocenters. The van der Waals surface area contributed by atoms with E-state index in [-0.39, 0.29) is 23.6 Å². The summed E-state index contributed by atoms with van der Waals surface area (Å²) >= 11 is 5.51. The summed E-state index contributed by atoms with van der Waals surface area (Å²) in [6.07, 6.45) is 4.57. The van der Waals surface area contributed by atoms with Crippen molar-refractivity contribution in [2.24, 2.45) is 5.92 Å². The summed E-state index contributed by atoms with van der Waals surface area (Å²) in [5.41, 5.74) is 0. The number of thiol groups is 1. The first-order chi connectivity index (χ1) is 14.2. The van der Waals surface area contributed by atoms with Crippen LogP contribution in [0.2, 0.25) is 0 Å². The maximum atomic E-state index is 13.0. The van der Waals surface area contributed by atoms with E-state index in [4.69, 9.17) is 5.11 Å². The van der Waals surface area contributed by atoms with Crippen LogP contribution in [0.5, 0.6) is 0 Å². The lowest BCUT2D eigenvalue weighted by molar-refractivity contribution is -0.142. The molecule has 0 radical (unpaired) electrons. The van der Waals surface area contributed by atoms with E-state index in [9.17, 15) is 19.2 Å². The number of carbonyl (C=O) groups is 4. The van der Waals surface area contributed by atoms with Crippen molar-refractivity contribution in [1.29, 1.82) is 0 Å². The van der Waals surface area contributed by atoms with Gasteiger partial charge in [-0.25, -0.2) is 4.79 Å². The molecule has 1 saturated heterocycles. The molecule has 0 bridgehead atoms. The number of carbonyl (C=O) groups excluding carboxylic acids is 3. The van der Waals surface area contributed by atoms with Crippen molar-refractivity contribution in [2.75, 3.05) is 24.3 Å². The van der Waals surface area contributed by atoms with Gasteiger partial charge >= 0.3 is 5.97 Å². The van der Waals surface area contributed by atoms with Gasteiger partial charge < -0.3 is 26.4 Å². The van der Waals surface area contributed by atoms with Crippen LogP contribution in [-0.2, 0) is 19.2 Å². The molecule has 1 aliphatic heterocycles. The number of rotatable bonds is 13. The summed E-state index contributed by atoms with van der Waals surface area (Å²) in [6, 6.07) is -3.14. The van der Waals surface area contributed by atoms with E-state index in [1.807, 2.05) is 13.2 Å². The van der Waals surface area contributed by atoms with E-state index in [2.05, 4.69) is 33.9 Å². The first kappa shape index (κ1) is 26.6. The quantitative estimate of drug-likeness (QED) is 0.212. The van der Waals surface area contributed by atoms with Gasteiger partial charge in [-0.05, 0) is 43.7 Å². The molecule has 0 aromatic rings. The third kappa shape index (κ3) is 8.35. The number of thioether (sulfide) groups is 1. The predicted molar refractivity (Wildman–Crippen MR) is 121 cm³/mol. The van der Waals surface area contributed by atoms with Crippen LogP contribution in [-0.4, -0.2) is 77.3 Å². The smallest absolute Gasteiger partial charge is 0.327 e. The van der Waals surface area contributed by atoms with Crippen LogP contribution in [0.4, 0.5) is 0 Å². The summed E-state index contributed by atoms with van der Waals surface area (Å²) in [7, 11) is 0. The molecule has 9 nitrogen and oxygen atoms in total. The topological polar surface area (TPSA) is 137 Å². The lowest BCUT2D eigenvalue weighted by Crippen LogP contribution is -2.59. The summed E-state index contributed by atoms with van der Waals surface area (Å²) in [5, 5.41) is 20.2. The number of amides is 3. The average Bonchev–Trinajstić information content (AvgIpc) is 3.26. The Balaban J connectivity index is 2.88. The van der Waals surface area contributed by atoms with Gasteiger partial charge in [0.2, 0.25) is 17.7 Å². The molecule has 5 unspecified atom stereocenters. The normalized spacial score (nSPS) is 19.9. The van der Waals surface area contributed by atoms with Gasteiger partial charge in [0.1, 0.15) is 18.1 Å². The van der Waals surface area contributed by atoms with Crippen molar-refractivity contribution in [3.8, 4) is 0 Å². The van der Waals surface area contributed by atoms with Gasteiger partial charge in [-0.2, -0.15) is 24.4 Å². The molecule has 0 saturated carbocycles. The van der Waals surface area contributed by atoms with Crippen molar-refractivity contribution in [1.82, 2.24) is 21.3 Å². The van der Waals surface area contributed by atoms with Gasteiger partial charge in [0.15, 0.2) is 0 Å². The third-order valence-corrected chi connectivity index (χ3v) is 6.22. The van der Waals surface area contributed by atoms with Crippen LogP contribution < -0.4 is 21.3 Å². The van der Waals surface area contributed by atoms with Gasteiger partial charge in [-0.1, -0.05) is 20.3 Å². The third-order valence-electron chi connectivity index (χ3n) is 5.21. The van der Waals surface area contributed by atoms with Crippen LogP contribution in [0.15, 0.2) is 0 Å². The highest BCUT2D eigenvalue weighted by Crippen LogP contribution is 2.11. The molecule has 1 aliphatic rings. The largest absolute Gasteiger partial charge is 0.480 e. The van der Waals surface area contributed by atoms with Crippen molar-refractivity contribution >= 4 is 48.1 Å². The van der Waals surface area contributed by atoms with E-state index in [1.165, 1.54) is 0 Å². The fourth-order valence-corrected chi connectivity index (χ4v) is 3.81. The van der Waals surface area contributed by atoms with Crippen molar-refractivity contribution in [2.45, 2.75) is 63.7 Å². The molecule has 1 rings (SSSR count). The van der Waals surface area contributed by atoms with Crippen LogP contribution in [0, 0.1) is 5.92 Å². The molecular weight excluding hydrogens is 428 g/mol. The molecule has 0 aliphatic carbocycles. The molecule has 1 fully saturated rings. The first-order valence-electron chi connectivity index (χ1n) is 10.2. The number of aliphatic carboxylic acids is 1. The minimum absolute atomic E-state index is 0.0664. The van der Waals surface area contributed by atoms with E-state index in [0.29, 0.717) is 18.6 Å². The summed E-state index contributed by atoms with van der Waals surface area (Å²) in [4.78, 5) is 49.3. The van der Waals surface area contributed by atoms with Gasteiger partial charge in [0.25, 0.3) is 0 Å². The lowest BCUT2D eigenvalue weighted by atomic mass is 9.97. The second kappa shape index (κ2) is 13.8. The molecule has 0 spiro atoms. The second-order valence-electron chi connectivity index (χ2n) is 7.45. The van der Waals surface area contributed by atoms with Gasteiger partial charge in [-0.15, -0.1) is 0 Å². The molecule has 172 valence electrons. The number of hydrogen-bond acceptors (Lipinski definition) is 7. The Bertz CT molecular complexity index is 601. The standard InChI is InChI=1S/C19H34N4O5S2/c1-4-11(2)15(18(26)22-14(10-29)19(27)28)23-17(25)13(7-9-30-3)21-16(24)12-6-5-8-20-12/h11-15,20,29H,4-10H2,1-3H3,(H,21,24)(H,22,26)(H,23,25)(H,27,28). The van der Waals surface area contributed by atoms with Crippen LogP contribution in [0.1, 0.15) is 39.5 Å². The highest BCUT2D eigenvalue weighted by molar-refractivity contribution is 7.98. The van der Waals surface area contributed by atoms with Crippen LogP contribution in [0.3, 0.4) is 0 Å². The van der Waals surface area contributed by atoms with Gasteiger partial charge in [0.05, 0.1) is 6.04 Å². The predicted octanol–water partition coefficient (Wildman–Crippen LogP) is 0.00640. The van der Waals surface area contributed by atoms with E-state index in [1.54, 1.807) is 18.7 Å². The molecule has 5 N–H and O–H groups in total. The maximum Gasteiger partial charge on any atom is 0.327 e. The molecule has 3 amide bonds. The monoisotopic (exact) mass is 462 g/mol. The van der Waals surface area contributed by atoms with Crippen molar-refractivity contribution < 1.29 is 24.3 Å². The van der Waals surface area contributed by atoms with Gasteiger partial charge in [0, 0.05) is 5.75 Å². The Hall–Kier alpha value is -1.46. The molecule has 0 aromatic carbocycles. The maximum absolute atomic E-state index is 13.0. The molecular formula is C19H34N4O5S2. The Morgan fingerprint density at radius 2 is 1.87 bits per heavy atom. The fraction of sp³-hybridized carbons (Fsp3) is 0.789. The van der Waals surface area contributed by atoms with Crippen molar-refractivity contribution in [3.63, 3.8) is 0 Å². The van der Waals surface area contributed by atoms with Crippen LogP contribution >= 0.6 is 24.4 Å². The minimum atomic E-state index is -1.19. The van der Waals surface area contributed by atoms with Crippen molar-refractivity contribution in [3.05, 3.63) is 0 Å². The minimum Gasteiger partial charge on any atom is -0.480 e. The Morgan fingerprint density at radius 3 is 2.37 bits per heavy atom.